The minimum Gasteiger partial charge on any atom is -0.452 e. The molecule has 2 rings (SSSR count). The summed E-state index contributed by atoms with van der Waals surface area (Å²) in [5, 5.41) is 6.17. The van der Waals surface area contributed by atoms with Crippen molar-refractivity contribution >= 4 is 33.2 Å². The maximum absolute atomic E-state index is 11.1. The Kier molecular flexibility index (Phi) is 4.49. The molecule has 2 aromatic rings. The van der Waals surface area contributed by atoms with Crippen molar-refractivity contribution in [3.63, 3.8) is 0 Å². The molecule has 2 N–H and O–H groups in total. The molecule has 1 aromatic heterocycles. The molecular weight excluding hydrogens is 320 g/mol. The topological polar surface area (TPSA) is 54.3 Å². The van der Waals surface area contributed by atoms with Gasteiger partial charge in [0.1, 0.15) is 5.76 Å². The second-order valence-electron chi connectivity index (χ2n) is 4.72. The Hall–Kier alpha value is -1.75. The van der Waals surface area contributed by atoms with Crippen molar-refractivity contribution in [3.8, 4) is 0 Å². The van der Waals surface area contributed by atoms with Crippen LogP contribution in [0.25, 0.3) is 0 Å². The van der Waals surface area contributed by atoms with Crippen molar-refractivity contribution in [1.82, 2.24) is 0 Å². The maximum atomic E-state index is 11.1. The largest absolute Gasteiger partial charge is 0.452 e. The summed E-state index contributed by atoms with van der Waals surface area (Å²) in [5.74, 6) is 0.768. The Balaban J connectivity index is 2.17. The first-order valence-corrected chi connectivity index (χ1v) is 7.15. The first kappa shape index (κ1) is 14.7. The number of hydrogen-bond donors (Lipinski definition) is 2. The third-order valence-corrected chi connectivity index (χ3v) is 3.38. The molecule has 1 aromatic carbocycles. The molecule has 0 radical (unpaired) electrons. The Labute approximate surface area is 126 Å². The van der Waals surface area contributed by atoms with Crippen LogP contribution in [0.4, 0.5) is 11.4 Å². The summed E-state index contributed by atoms with van der Waals surface area (Å²) in [6.45, 7) is 5.54. The average molecular weight is 337 g/mol. The zero-order valence-electron chi connectivity index (χ0n) is 11.7. The van der Waals surface area contributed by atoms with E-state index >= 15 is 0 Å². The number of carbonyl (C=O) groups excluding carboxylic acids is 1. The number of anilines is 2. The molecule has 1 unspecified atom stereocenters. The number of halogens is 1. The summed E-state index contributed by atoms with van der Waals surface area (Å²) < 4.78 is 6.25. The lowest BCUT2D eigenvalue weighted by Gasteiger charge is -2.16. The first-order valence-electron chi connectivity index (χ1n) is 6.35. The van der Waals surface area contributed by atoms with Crippen LogP contribution in [0.5, 0.6) is 0 Å². The fourth-order valence-electron chi connectivity index (χ4n) is 1.92. The van der Waals surface area contributed by atoms with Crippen LogP contribution >= 0.6 is 15.9 Å². The van der Waals surface area contributed by atoms with Gasteiger partial charge in [-0.3, -0.25) is 4.79 Å². The van der Waals surface area contributed by atoms with Gasteiger partial charge in [-0.05, 0) is 59.6 Å². The zero-order valence-corrected chi connectivity index (χ0v) is 13.2. The van der Waals surface area contributed by atoms with Gasteiger partial charge in [-0.25, -0.2) is 0 Å². The van der Waals surface area contributed by atoms with Crippen molar-refractivity contribution < 1.29 is 9.21 Å². The number of furan rings is 1. The molecule has 0 saturated heterocycles. The van der Waals surface area contributed by atoms with E-state index in [0.717, 1.165) is 22.7 Å². The van der Waals surface area contributed by atoms with E-state index in [0.29, 0.717) is 4.67 Å². The van der Waals surface area contributed by atoms with Gasteiger partial charge in [0.25, 0.3) is 0 Å². The standard InChI is InChI=1S/C15H17BrN2O2/c1-9-4-5-12(18-11(3)19)8-13(9)17-10(2)14-6-7-15(16)20-14/h4-8,10,17H,1-3H3,(H,18,19). The summed E-state index contributed by atoms with van der Waals surface area (Å²) in [7, 11) is 0. The molecule has 0 fully saturated rings. The van der Waals surface area contributed by atoms with E-state index in [1.165, 1.54) is 6.92 Å². The van der Waals surface area contributed by atoms with E-state index in [9.17, 15) is 4.79 Å². The van der Waals surface area contributed by atoms with Crippen molar-refractivity contribution in [2.45, 2.75) is 26.8 Å². The Morgan fingerprint density at radius 2 is 2.05 bits per heavy atom. The lowest BCUT2D eigenvalue weighted by Crippen LogP contribution is -2.09. The van der Waals surface area contributed by atoms with E-state index in [-0.39, 0.29) is 11.9 Å². The van der Waals surface area contributed by atoms with Gasteiger partial charge in [0, 0.05) is 18.3 Å². The minimum absolute atomic E-state index is 0.0348. The van der Waals surface area contributed by atoms with Gasteiger partial charge in [0.05, 0.1) is 6.04 Å². The highest BCUT2D eigenvalue weighted by Gasteiger charge is 2.11. The van der Waals surface area contributed by atoms with Crippen LogP contribution in [0.1, 0.15) is 31.2 Å². The quantitative estimate of drug-likeness (QED) is 0.865. The average Bonchev–Trinajstić information content (AvgIpc) is 2.79. The van der Waals surface area contributed by atoms with Gasteiger partial charge in [-0.1, -0.05) is 6.07 Å². The van der Waals surface area contributed by atoms with Gasteiger partial charge >= 0.3 is 0 Å². The molecule has 0 bridgehead atoms. The summed E-state index contributed by atoms with van der Waals surface area (Å²) in [4.78, 5) is 11.1. The molecule has 1 atom stereocenters. The lowest BCUT2D eigenvalue weighted by molar-refractivity contribution is -0.114. The smallest absolute Gasteiger partial charge is 0.221 e. The van der Waals surface area contributed by atoms with Gasteiger partial charge < -0.3 is 15.1 Å². The van der Waals surface area contributed by atoms with Crippen molar-refractivity contribution in [1.29, 1.82) is 0 Å². The van der Waals surface area contributed by atoms with Gasteiger partial charge in [-0.15, -0.1) is 0 Å². The second kappa shape index (κ2) is 6.13. The molecule has 1 amide bonds. The molecule has 0 aliphatic rings. The SMILES string of the molecule is CC(=O)Nc1ccc(C)c(NC(C)c2ccc(Br)o2)c1. The molecule has 20 heavy (non-hydrogen) atoms. The Morgan fingerprint density at radius 3 is 2.65 bits per heavy atom. The highest BCUT2D eigenvalue weighted by atomic mass is 79.9. The molecule has 4 nitrogen and oxygen atoms in total. The minimum atomic E-state index is -0.0807. The Morgan fingerprint density at radius 1 is 1.30 bits per heavy atom. The molecule has 0 saturated carbocycles. The van der Waals surface area contributed by atoms with Crippen LogP contribution in [0.15, 0.2) is 39.4 Å². The molecule has 1 heterocycles. The molecule has 5 heteroatoms. The van der Waals surface area contributed by atoms with E-state index < -0.39 is 0 Å². The van der Waals surface area contributed by atoms with E-state index in [4.69, 9.17) is 4.42 Å². The summed E-state index contributed by atoms with van der Waals surface area (Å²) in [5.41, 5.74) is 2.85. The molecule has 0 spiro atoms. The monoisotopic (exact) mass is 336 g/mol. The van der Waals surface area contributed by atoms with Crippen LogP contribution in [0, 0.1) is 6.92 Å². The van der Waals surface area contributed by atoms with Crippen molar-refractivity contribution in [2.75, 3.05) is 10.6 Å². The van der Waals surface area contributed by atoms with Crippen LogP contribution in [0.2, 0.25) is 0 Å². The lowest BCUT2D eigenvalue weighted by atomic mass is 10.1. The number of carbonyl (C=O) groups is 1. The van der Waals surface area contributed by atoms with Gasteiger partial charge in [0.2, 0.25) is 5.91 Å². The summed E-state index contributed by atoms with van der Waals surface area (Å²) >= 11 is 3.30. The maximum Gasteiger partial charge on any atom is 0.221 e. The highest BCUT2D eigenvalue weighted by molar-refractivity contribution is 9.10. The number of hydrogen-bond acceptors (Lipinski definition) is 3. The number of benzene rings is 1. The highest BCUT2D eigenvalue weighted by Crippen LogP contribution is 2.27. The Bertz CT molecular complexity index is 622. The summed E-state index contributed by atoms with van der Waals surface area (Å²) in [6.07, 6.45) is 0. The van der Waals surface area contributed by atoms with Gasteiger partial charge in [-0.2, -0.15) is 0 Å². The number of rotatable bonds is 4. The fraction of sp³-hybridized carbons (Fsp3) is 0.267. The molecular formula is C15H17BrN2O2. The third-order valence-electron chi connectivity index (χ3n) is 2.95. The predicted octanol–water partition coefficient (Wildman–Crippen LogP) is 4.48. The van der Waals surface area contributed by atoms with E-state index in [1.807, 2.05) is 44.2 Å². The number of amides is 1. The van der Waals surface area contributed by atoms with Gasteiger partial charge in [0.15, 0.2) is 4.67 Å². The fourth-order valence-corrected chi connectivity index (χ4v) is 2.24. The zero-order chi connectivity index (χ0) is 14.7. The number of nitrogens with one attached hydrogen (secondary N) is 2. The van der Waals surface area contributed by atoms with Crippen LogP contribution in [-0.2, 0) is 4.79 Å². The normalized spacial score (nSPS) is 12.0. The number of aryl methyl sites for hydroxylation is 1. The van der Waals surface area contributed by atoms with E-state index in [2.05, 4.69) is 26.6 Å². The van der Waals surface area contributed by atoms with Crippen LogP contribution in [-0.4, -0.2) is 5.91 Å². The van der Waals surface area contributed by atoms with Crippen molar-refractivity contribution in [3.05, 3.63) is 46.3 Å². The van der Waals surface area contributed by atoms with E-state index in [1.54, 1.807) is 0 Å². The second-order valence-corrected chi connectivity index (χ2v) is 5.50. The summed E-state index contributed by atoms with van der Waals surface area (Å²) in [6, 6.07) is 9.61. The van der Waals surface area contributed by atoms with Crippen molar-refractivity contribution in [2.24, 2.45) is 0 Å². The molecule has 0 aliphatic heterocycles. The first-order chi connectivity index (χ1) is 9.45. The third kappa shape index (κ3) is 3.63. The van der Waals surface area contributed by atoms with Crippen LogP contribution in [0.3, 0.4) is 0 Å². The molecule has 0 aliphatic carbocycles. The molecule has 106 valence electrons. The predicted molar refractivity (Wildman–Crippen MR) is 83.9 cm³/mol. The van der Waals surface area contributed by atoms with Crippen LogP contribution < -0.4 is 10.6 Å².